The summed E-state index contributed by atoms with van der Waals surface area (Å²) in [6.45, 7) is 5.79. The van der Waals surface area contributed by atoms with E-state index in [9.17, 15) is 5.26 Å². The summed E-state index contributed by atoms with van der Waals surface area (Å²) >= 11 is 0. The highest BCUT2D eigenvalue weighted by Crippen LogP contribution is 2.32. The van der Waals surface area contributed by atoms with Gasteiger partial charge < -0.3 is 20.5 Å². The van der Waals surface area contributed by atoms with Crippen LogP contribution < -0.4 is 15.9 Å². The molecule has 1 unspecified atom stereocenters. The molecule has 5 rings (SSSR count). The minimum absolute atomic E-state index is 0.233. The number of ether oxygens (including phenoxy) is 1. The maximum Gasteiger partial charge on any atom is 0.148 e. The molecule has 1 saturated heterocycles. The lowest BCUT2D eigenvalue weighted by Crippen LogP contribution is -2.31. The van der Waals surface area contributed by atoms with Gasteiger partial charge in [0.05, 0.1) is 29.7 Å². The van der Waals surface area contributed by atoms with E-state index in [1.165, 1.54) is 6.20 Å². The first kappa shape index (κ1) is 23.5. The van der Waals surface area contributed by atoms with Gasteiger partial charge in [0.15, 0.2) is 0 Å². The molecule has 0 aromatic carbocycles. The predicted octanol–water partition coefficient (Wildman–Crippen LogP) is 3.11. The summed E-state index contributed by atoms with van der Waals surface area (Å²) in [7, 11) is 1.99. The molecule has 36 heavy (non-hydrogen) atoms. The van der Waals surface area contributed by atoms with Crippen molar-refractivity contribution >= 4 is 27.8 Å². The van der Waals surface area contributed by atoms with Gasteiger partial charge in [0.1, 0.15) is 34.7 Å². The van der Waals surface area contributed by atoms with Gasteiger partial charge in [0.25, 0.3) is 0 Å². The third kappa shape index (κ3) is 4.29. The smallest absolute Gasteiger partial charge is 0.148 e. The number of aryl methyl sites for hydroxylation is 1. The van der Waals surface area contributed by atoms with E-state index in [-0.39, 0.29) is 12.1 Å². The Balaban J connectivity index is 1.55. The number of nitrogens with zero attached hydrogens (tertiary/aromatic N) is 7. The van der Waals surface area contributed by atoms with E-state index in [1.807, 2.05) is 50.1 Å². The van der Waals surface area contributed by atoms with Crippen molar-refractivity contribution in [1.29, 1.82) is 5.26 Å². The molecular weight excluding hydrogens is 454 g/mol. The third-order valence-corrected chi connectivity index (χ3v) is 6.71. The van der Waals surface area contributed by atoms with Crippen LogP contribution in [0.25, 0.3) is 16.4 Å². The van der Waals surface area contributed by atoms with Gasteiger partial charge in [-0.1, -0.05) is 0 Å². The van der Waals surface area contributed by atoms with Gasteiger partial charge in [-0.3, -0.25) is 9.98 Å². The first-order chi connectivity index (χ1) is 17.5. The summed E-state index contributed by atoms with van der Waals surface area (Å²) in [5, 5.41) is 22.6. The molecule has 4 aromatic heterocycles. The van der Waals surface area contributed by atoms with Crippen LogP contribution in [0.3, 0.4) is 0 Å². The summed E-state index contributed by atoms with van der Waals surface area (Å²) in [6.07, 6.45) is 10.6. The number of piperidine rings is 1. The second kappa shape index (κ2) is 9.79. The van der Waals surface area contributed by atoms with E-state index in [4.69, 9.17) is 15.6 Å². The molecule has 1 atom stereocenters. The molecule has 10 nitrogen and oxygen atoms in total. The molecule has 10 heteroatoms. The average Bonchev–Trinajstić information content (AvgIpc) is 3.48. The number of aromatic nitrogens is 4. The van der Waals surface area contributed by atoms with Gasteiger partial charge >= 0.3 is 0 Å². The minimum Gasteiger partial charge on any atom is -0.484 e. The van der Waals surface area contributed by atoms with Gasteiger partial charge in [-0.15, -0.1) is 0 Å². The molecule has 1 fully saturated rings. The van der Waals surface area contributed by atoms with Gasteiger partial charge in [-0.2, -0.15) is 15.5 Å². The number of nitrogens with two attached hydrogens (primary N) is 1. The van der Waals surface area contributed by atoms with Crippen molar-refractivity contribution in [1.82, 2.24) is 24.5 Å². The highest BCUT2D eigenvalue weighted by Gasteiger charge is 2.21. The number of aliphatic imine (C=N–C) groups is 1. The van der Waals surface area contributed by atoms with Crippen molar-refractivity contribution in [2.45, 2.75) is 38.8 Å². The van der Waals surface area contributed by atoms with Crippen LogP contribution in [0.4, 0.5) is 0 Å². The summed E-state index contributed by atoms with van der Waals surface area (Å²) in [5.41, 5.74) is 5.02. The largest absolute Gasteiger partial charge is 0.484 e. The van der Waals surface area contributed by atoms with Crippen LogP contribution in [0.2, 0.25) is 0 Å². The zero-order valence-electron chi connectivity index (χ0n) is 20.6. The van der Waals surface area contributed by atoms with E-state index in [2.05, 4.69) is 32.6 Å². The van der Waals surface area contributed by atoms with E-state index in [0.29, 0.717) is 28.1 Å². The molecule has 1 aliphatic heterocycles. The zero-order chi connectivity index (χ0) is 25.2. The van der Waals surface area contributed by atoms with Gasteiger partial charge in [-0.05, 0) is 51.9 Å². The number of pyridine rings is 2. The monoisotopic (exact) mass is 483 g/mol. The molecule has 0 spiro atoms. The number of nitriles is 1. The Hall–Kier alpha value is -4.23. The van der Waals surface area contributed by atoms with Gasteiger partial charge in [0.2, 0.25) is 0 Å². The standard InChI is InChI=1S/C26H29N9O/c1-16(32-20-4-7-29-8-5-20)25(33-28)18-10-24(26-19(11-27)12-31-35(26)15-18)36-17(2)22-13-30-14-23-21(22)6-9-34(23)3/h6,9-10,12-15,17,20,29H,4-5,7-8,28H2,1-3H3/b32-16?,33-25+. The van der Waals surface area contributed by atoms with Crippen LogP contribution in [-0.4, -0.2) is 49.7 Å². The van der Waals surface area contributed by atoms with Crippen molar-refractivity contribution in [2.75, 3.05) is 13.1 Å². The first-order valence-electron chi connectivity index (χ1n) is 12.0. The Morgan fingerprint density at radius 1 is 1.31 bits per heavy atom. The fourth-order valence-corrected chi connectivity index (χ4v) is 4.82. The number of hydrogen-bond acceptors (Lipinski definition) is 8. The van der Waals surface area contributed by atoms with Crippen LogP contribution in [0.5, 0.6) is 5.75 Å². The lowest BCUT2D eigenvalue weighted by atomic mass is 10.0. The quantitative estimate of drug-likeness (QED) is 0.246. The maximum atomic E-state index is 9.70. The Bertz CT molecular complexity index is 1520. The number of rotatable bonds is 6. The van der Waals surface area contributed by atoms with E-state index in [0.717, 1.165) is 48.1 Å². The molecule has 5 heterocycles. The highest BCUT2D eigenvalue weighted by atomic mass is 16.5. The number of fused-ring (bicyclic) bond motifs is 2. The second-order valence-electron chi connectivity index (χ2n) is 9.08. The predicted molar refractivity (Wildman–Crippen MR) is 139 cm³/mol. The normalized spacial score (nSPS) is 16.4. The van der Waals surface area contributed by atoms with Crippen LogP contribution >= 0.6 is 0 Å². The maximum absolute atomic E-state index is 9.70. The van der Waals surface area contributed by atoms with E-state index >= 15 is 0 Å². The molecule has 1 aliphatic rings. The molecule has 4 aromatic rings. The second-order valence-corrected chi connectivity index (χ2v) is 9.08. The zero-order valence-corrected chi connectivity index (χ0v) is 20.6. The van der Waals surface area contributed by atoms with Crippen molar-refractivity contribution in [3.8, 4) is 11.8 Å². The van der Waals surface area contributed by atoms with E-state index in [1.54, 1.807) is 10.7 Å². The van der Waals surface area contributed by atoms with Gasteiger partial charge in [-0.25, -0.2) is 4.52 Å². The molecule has 0 saturated carbocycles. The van der Waals surface area contributed by atoms with Crippen LogP contribution in [0.15, 0.2) is 53.2 Å². The number of nitrogens with one attached hydrogen (secondary N) is 1. The Morgan fingerprint density at radius 3 is 2.86 bits per heavy atom. The van der Waals surface area contributed by atoms with Gasteiger partial charge in [0, 0.05) is 42.2 Å². The number of hydrazone groups is 1. The number of hydrogen-bond donors (Lipinski definition) is 2. The molecule has 0 bridgehead atoms. The van der Waals surface area contributed by atoms with E-state index < -0.39 is 0 Å². The van der Waals surface area contributed by atoms with Crippen LogP contribution in [-0.2, 0) is 7.05 Å². The van der Waals surface area contributed by atoms with Crippen molar-refractivity contribution < 1.29 is 4.74 Å². The summed E-state index contributed by atoms with van der Waals surface area (Å²) in [5.74, 6) is 6.37. The van der Waals surface area contributed by atoms with Crippen molar-refractivity contribution in [3.05, 3.63) is 59.8 Å². The minimum atomic E-state index is -0.341. The van der Waals surface area contributed by atoms with Crippen molar-refractivity contribution in [2.24, 2.45) is 23.0 Å². The van der Waals surface area contributed by atoms with Crippen LogP contribution in [0.1, 0.15) is 49.5 Å². The summed E-state index contributed by atoms with van der Waals surface area (Å²) in [6, 6.07) is 6.36. The third-order valence-electron chi connectivity index (χ3n) is 6.71. The highest BCUT2D eigenvalue weighted by molar-refractivity contribution is 6.47. The molecule has 184 valence electrons. The Morgan fingerprint density at radius 2 is 2.11 bits per heavy atom. The summed E-state index contributed by atoms with van der Waals surface area (Å²) in [4.78, 5) is 9.30. The molecule has 0 aliphatic carbocycles. The molecular formula is C26H29N9O. The summed E-state index contributed by atoms with van der Waals surface area (Å²) < 4.78 is 10.2. The molecule has 0 radical (unpaired) electrons. The lowest BCUT2D eigenvalue weighted by molar-refractivity contribution is 0.230. The average molecular weight is 484 g/mol. The Labute approximate surface area is 209 Å². The SMILES string of the molecule is CC(=NC1CCNCC1)/C(=N\N)c1cc(OC(C)c2cncc3c2ccn3C)c2c(C#N)cnn2c1. The molecule has 0 amide bonds. The first-order valence-corrected chi connectivity index (χ1v) is 12.0. The lowest BCUT2D eigenvalue weighted by Gasteiger charge is -2.20. The molecule has 3 N–H and O–H groups in total. The van der Waals surface area contributed by atoms with Crippen molar-refractivity contribution in [3.63, 3.8) is 0 Å². The van der Waals surface area contributed by atoms with Crippen LogP contribution in [0, 0.1) is 11.3 Å². The fourth-order valence-electron chi connectivity index (χ4n) is 4.82. The Kier molecular flexibility index (Phi) is 6.40. The fraction of sp³-hybridized carbons (Fsp3) is 0.346. The topological polar surface area (TPSA) is 131 Å².